The lowest BCUT2D eigenvalue weighted by atomic mass is 10.1. The van der Waals surface area contributed by atoms with Crippen molar-refractivity contribution in [1.29, 1.82) is 0 Å². The highest BCUT2D eigenvalue weighted by atomic mass is 35.5. The third kappa shape index (κ3) is 4.20. The summed E-state index contributed by atoms with van der Waals surface area (Å²) in [4.78, 5) is 11.8. The van der Waals surface area contributed by atoms with E-state index in [4.69, 9.17) is 29.6 Å². The van der Waals surface area contributed by atoms with E-state index in [2.05, 4.69) is 10.6 Å². The van der Waals surface area contributed by atoms with Crippen molar-refractivity contribution in [2.24, 2.45) is 5.73 Å². The number of benzene rings is 1. The van der Waals surface area contributed by atoms with E-state index >= 15 is 0 Å². The van der Waals surface area contributed by atoms with Crippen LogP contribution < -0.4 is 16.4 Å². The van der Waals surface area contributed by atoms with E-state index in [0.717, 1.165) is 0 Å². The summed E-state index contributed by atoms with van der Waals surface area (Å²) in [6.45, 7) is 3.78. The van der Waals surface area contributed by atoms with E-state index in [1.165, 1.54) is 0 Å². The molecule has 0 saturated carbocycles. The molecular weight excluding hydrogens is 258 g/mol. The normalized spacial score (nSPS) is 10.1. The molecule has 4 N–H and O–H groups in total. The molecule has 17 heavy (non-hydrogen) atoms. The maximum Gasteiger partial charge on any atom is 0.251 e. The number of nitrogens with one attached hydrogen (secondary N) is 2. The third-order valence-electron chi connectivity index (χ3n) is 1.91. The summed E-state index contributed by atoms with van der Waals surface area (Å²) < 4.78 is 0. The van der Waals surface area contributed by atoms with Gasteiger partial charge in [-0.05, 0) is 44.3 Å². The molecule has 0 fully saturated rings. The van der Waals surface area contributed by atoms with Gasteiger partial charge < -0.3 is 16.4 Å². The maximum absolute atomic E-state index is 11.8. The van der Waals surface area contributed by atoms with E-state index in [9.17, 15) is 4.79 Å². The van der Waals surface area contributed by atoms with Gasteiger partial charge in [-0.25, -0.2) is 0 Å². The largest absolute Gasteiger partial charge is 0.376 e. The second-order valence-electron chi connectivity index (χ2n) is 3.81. The first-order valence-electron chi connectivity index (χ1n) is 5.07. The Balaban J connectivity index is 2.95. The Labute approximate surface area is 111 Å². The number of thiocarbonyl (C=S) groups is 1. The number of hydrogen-bond donors (Lipinski definition) is 3. The summed E-state index contributed by atoms with van der Waals surface area (Å²) in [7, 11) is 0. The fourth-order valence-corrected chi connectivity index (χ4v) is 1.52. The van der Waals surface area contributed by atoms with Gasteiger partial charge in [0.05, 0.1) is 10.7 Å². The van der Waals surface area contributed by atoms with Crippen LogP contribution in [-0.4, -0.2) is 17.1 Å². The number of anilines is 1. The van der Waals surface area contributed by atoms with Gasteiger partial charge in [-0.3, -0.25) is 4.79 Å². The Morgan fingerprint density at radius 3 is 2.65 bits per heavy atom. The van der Waals surface area contributed by atoms with Gasteiger partial charge in [-0.1, -0.05) is 11.6 Å². The second kappa shape index (κ2) is 5.84. The summed E-state index contributed by atoms with van der Waals surface area (Å²) >= 11 is 10.7. The van der Waals surface area contributed by atoms with Crippen molar-refractivity contribution in [3.05, 3.63) is 28.8 Å². The summed E-state index contributed by atoms with van der Waals surface area (Å²) in [5.41, 5.74) is 6.39. The third-order valence-corrected chi connectivity index (χ3v) is 2.34. The average Bonchev–Trinajstić information content (AvgIpc) is 2.19. The first-order valence-corrected chi connectivity index (χ1v) is 5.85. The van der Waals surface area contributed by atoms with Crippen LogP contribution in [0.4, 0.5) is 5.69 Å². The minimum absolute atomic E-state index is 0.0742. The highest BCUT2D eigenvalue weighted by molar-refractivity contribution is 7.80. The van der Waals surface area contributed by atoms with Gasteiger partial charge in [0.1, 0.15) is 0 Å². The summed E-state index contributed by atoms with van der Waals surface area (Å²) in [6, 6.07) is 4.95. The Hall–Kier alpha value is -1.33. The first kappa shape index (κ1) is 13.7. The molecule has 0 aromatic heterocycles. The van der Waals surface area contributed by atoms with E-state index in [1.54, 1.807) is 18.2 Å². The molecule has 0 spiro atoms. The van der Waals surface area contributed by atoms with Crippen molar-refractivity contribution in [2.45, 2.75) is 19.9 Å². The van der Waals surface area contributed by atoms with Gasteiger partial charge >= 0.3 is 0 Å². The van der Waals surface area contributed by atoms with Crippen LogP contribution >= 0.6 is 23.8 Å². The van der Waals surface area contributed by atoms with Gasteiger partial charge in [0, 0.05) is 11.6 Å². The number of amides is 1. The molecule has 0 aliphatic heterocycles. The van der Waals surface area contributed by atoms with Crippen LogP contribution in [0.25, 0.3) is 0 Å². The van der Waals surface area contributed by atoms with Crippen molar-refractivity contribution in [2.75, 3.05) is 5.32 Å². The Morgan fingerprint density at radius 1 is 1.47 bits per heavy atom. The molecule has 0 bridgehead atoms. The van der Waals surface area contributed by atoms with E-state index in [-0.39, 0.29) is 17.1 Å². The second-order valence-corrected chi connectivity index (χ2v) is 4.66. The lowest BCUT2D eigenvalue weighted by molar-refractivity contribution is 0.0943. The van der Waals surface area contributed by atoms with E-state index in [0.29, 0.717) is 16.3 Å². The topological polar surface area (TPSA) is 67.2 Å². The number of halogens is 1. The molecule has 1 aromatic rings. The number of carbonyl (C=O) groups excluding carboxylic acids is 1. The zero-order chi connectivity index (χ0) is 13.0. The molecule has 0 aliphatic rings. The SMILES string of the molecule is CC(C)NC(=O)c1ccc(Cl)c(NC(N)=S)c1. The molecule has 1 aromatic carbocycles. The first-order chi connectivity index (χ1) is 7.90. The summed E-state index contributed by atoms with van der Waals surface area (Å²) in [5, 5.41) is 6.07. The van der Waals surface area contributed by atoms with E-state index < -0.39 is 0 Å². The molecule has 1 rings (SSSR count). The monoisotopic (exact) mass is 271 g/mol. The highest BCUT2D eigenvalue weighted by Gasteiger charge is 2.10. The highest BCUT2D eigenvalue weighted by Crippen LogP contribution is 2.22. The zero-order valence-corrected chi connectivity index (χ0v) is 11.2. The fraction of sp³-hybridized carbons (Fsp3) is 0.273. The van der Waals surface area contributed by atoms with Gasteiger partial charge in [-0.2, -0.15) is 0 Å². The average molecular weight is 272 g/mol. The number of carbonyl (C=O) groups is 1. The molecule has 92 valence electrons. The molecule has 0 atom stereocenters. The van der Waals surface area contributed by atoms with Crippen molar-refractivity contribution in [3.8, 4) is 0 Å². The van der Waals surface area contributed by atoms with Gasteiger partial charge in [0.2, 0.25) is 0 Å². The Bertz CT molecular complexity index is 448. The van der Waals surface area contributed by atoms with Crippen LogP contribution in [0, 0.1) is 0 Å². The van der Waals surface area contributed by atoms with Crippen LogP contribution in [0.15, 0.2) is 18.2 Å². The van der Waals surface area contributed by atoms with Gasteiger partial charge in [0.15, 0.2) is 5.11 Å². The molecular formula is C11H14ClN3OS. The molecule has 1 amide bonds. The van der Waals surface area contributed by atoms with Crippen molar-refractivity contribution >= 4 is 40.5 Å². The smallest absolute Gasteiger partial charge is 0.251 e. The van der Waals surface area contributed by atoms with Crippen LogP contribution in [0.5, 0.6) is 0 Å². The number of nitrogens with two attached hydrogens (primary N) is 1. The molecule has 0 heterocycles. The molecule has 6 heteroatoms. The van der Waals surface area contributed by atoms with Crippen molar-refractivity contribution < 1.29 is 4.79 Å². The Morgan fingerprint density at radius 2 is 2.12 bits per heavy atom. The lowest BCUT2D eigenvalue weighted by Gasteiger charge is -2.11. The van der Waals surface area contributed by atoms with Crippen molar-refractivity contribution in [3.63, 3.8) is 0 Å². The van der Waals surface area contributed by atoms with Gasteiger partial charge in [0.25, 0.3) is 5.91 Å². The number of rotatable bonds is 3. The molecule has 0 saturated heterocycles. The maximum atomic E-state index is 11.8. The predicted molar refractivity (Wildman–Crippen MR) is 74.5 cm³/mol. The predicted octanol–water partition coefficient (Wildman–Crippen LogP) is 2.13. The van der Waals surface area contributed by atoms with Crippen LogP contribution in [-0.2, 0) is 0 Å². The minimum Gasteiger partial charge on any atom is -0.376 e. The van der Waals surface area contributed by atoms with Crippen LogP contribution in [0.1, 0.15) is 24.2 Å². The summed E-state index contributed by atoms with van der Waals surface area (Å²) in [5.74, 6) is -0.164. The van der Waals surface area contributed by atoms with Gasteiger partial charge in [-0.15, -0.1) is 0 Å². The molecule has 0 unspecified atom stereocenters. The number of hydrogen-bond acceptors (Lipinski definition) is 2. The summed E-state index contributed by atoms with van der Waals surface area (Å²) in [6.07, 6.45) is 0. The quantitative estimate of drug-likeness (QED) is 0.737. The molecule has 0 radical (unpaired) electrons. The molecule has 4 nitrogen and oxygen atoms in total. The molecule has 0 aliphatic carbocycles. The van der Waals surface area contributed by atoms with Crippen molar-refractivity contribution in [1.82, 2.24) is 5.32 Å². The van der Waals surface area contributed by atoms with E-state index in [1.807, 2.05) is 13.8 Å². The standard InChI is InChI=1S/C11H14ClN3OS/c1-6(2)14-10(16)7-3-4-8(12)9(5-7)15-11(13)17/h3-6H,1-2H3,(H,14,16)(H3,13,15,17). The fourth-order valence-electron chi connectivity index (χ4n) is 1.24. The minimum atomic E-state index is -0.164. The Kier molecular flexibility index (Phi) is 4.72. The van der Waals surface area contributed by atoms with Crippen LogP contribution in [0.3, 0.4) is 0 Å². The van der Waals surface area contributed by atoms with Crippen LogP contribution in [0.2, 0.25) is 5.02 Å². The zero-order valence-electron chi connectivity index (χ0n) is 9.58. The lowest BCUT2D eigenvalue weighted by Crippen LogP contribution is -2.30.